The summed E-state index contributed by atoms with van der Waals surface area (Å²) in [5, 5.41) is 13.7. The number of hydrogen-bond donors (Lipinski definition) is 0. The minimum absolute atomic E-state index is 0.109. The van der Waals surface area contributed by atoms with Gasteiger partial charge in [-0.2, -0.15) is 0 Å². The van der Waals surface area contributed by atoms with Crippen LogP contribution in [0.4, 0.5) is 5.69 Å². The Bertz CT molecular complexity index is 843. The van der Waals surface area contributed by atoms with Gasteiger partial charge in [-0.15, -0.1) is 11.3 Å². The second kappa shape index (κ2) is 7.31. The van der Waals surface area contributed by atoms with Gasteiger partial charge in [0.15, 0.2) is 0 Å². The van der Waals surface area contributed by atoms with E-state index in [-0.39, 0.29) is 10.6 Å². The summed E-state index contributed by atoms with van der Waals surface area (Å²) >= 11 is 1.61. The zero-order valence-corrected chi connectivity index (χ0v) is 14.1. The van der Waals surface area contributed by atoms with Crippen LogP contribution in [0.2, 0.25) is 0 Å². The van der Waals surface area contributed by atoms with Gasteiger partial charge in [-0.25, -0.2) is 4.98 Å². The number of thiazole rings is 1. The molecule has 2 aromatic heterocycles. The Hall–Kier alpha value is -2.60. The molecule has 0 aliphatic carbocycles. The van der Waals surface area contributed by atoms with E-state index in [1.165, 1.54) is 12.1 Å². The van der Waals surface area contributed by atoms with Gasteiger partial charge >= 0.3 is 0 Å². The van der Waals surface area contributed by atoms with Crippen molar-refractivity contribution in [2.24, 2.45) is 0 Å². The molecule has 0 amide bonds. The third kappa shape index (κ3) is 3.83. The van der Waals surface area contributed by atoms with Crippen molar-refractivity contribution in [1.29, 1.82) is 0 Å². The van der Waals surface area contributed by atoms with E-state index in [2.05, 4.69) is 18.0 Å². The van der Waals surface area contributed by atoms with Crippen LogP contribution in [-0.4, -0.2) is 14.9 Å². The summed E-state index contributed by atoms with van der Waals surface area (Å²) in [6.45, 7) is 2.14. The van der Waals surface area contributed by atoms with Gasteiger partial charge in [0.05, 0.1) is 10.6 Å². The van der Waals surface area contributed by atoms with Crippen molar-refractivity contribution in [3.8, 4) is 10.6 Å². The highest BCUT2D eigenvalue weighted by Gasteiger charge is 2.08. The minimum Gasteiger partial charge on any atom is -0.261 e. The van der Waals surface area contributed by atoms with Gasteiger partial charge in [-0.1, -0.05) is 25.5 Å². The molecule has 0 saturated heterocycles. The van der Waals surface area contributed by atoms with Crippen LogP contribution >= 0.6 is 11.3 Å². The van der Waals surface area contributed by atoms with Crippen molar-refractivity contribution < 1.29 is 4.92 Å². The summed E-state index contributed by atoms with van der Waals surface area (Å²) in [4.78, 5) is 19.4. The van der Waals surface area contributed by atoms with E-state index in [4.69, 9.17) is 4.98 Å². The van der Waals surface area contributed by atoms with Gasteiger partial charge in [0.25, 0.3) is 5.69 Å². The molecule has 1 aromatic carbocycles. The molecule has 0 fully saturated rings. The molecule has 0 aliphatic rings. The molecule has 122 valence electrons. The zero-order chi connectivity index (χ0) is 16.9. The molecule has 0 saturated carbocycles. The molecule has 0 N–H and O–H groups in total. The van der Waals surface area contributed by atoms with Crippen molar-refractivity contribution >= 4 is 17.0 Å². The van der Waals surface area contributed by atoms with Gasteiger partial charge < -0.3 is 0 Å². The molecule has 5 nitrogen and oxygen atoms in total. The molecule has 6 heteroatoms. The van der Waals surface area contributed by atoms with E-state index in [9.17, 15) is 10.1 Å². The third-order valence-corrected chi connectivity index (χ3v) is 4.59. The largest absolute Gasteiger partial charge is 0.269 e. The van der Waals surface area contributed by atoms with Crippen molar-refractivity contribution in [1.82, 2.24) is 9.97 Å². The van der Waals surface area contributed by atoms with Crippen LogP contribution in [0.15, 0.2) is 48.0 Å². The fourth-order valence-corrected chi connectivity index (χ4v) is 3.29. The highest BCUT2D eigenvalue weighted by Crippen LogP contribution is 2.25. The summed E-state index contributed by atoms with van der Waals surface area (Å²) in [5.41, 5.74) is 4.27. The van der Waals surface area contributed by atoms with Gasteiger partial charge in [-0.3, -0.25) is 15.1 Å². The van der Waals surface area contributed by atoms with E-state index < -0.39 is 0 Å². The third-order valence-electron chi connectivity index (χ3n) is 3.65. The fourth-order valence-electron chi connectivity index (χ4n) is 2.47. The predicted molar refractivity (Wildman–Crippen MR) is 95.2 cm³/mol. The number of hydrogen-bond acceptors (Lipinski definition) is 5. The molecule has 3 rings (SSSR count). The van der Waals surface area contributed by atoms with Crippen molar-refractivity contribution in [2.75, 3.05) is 0 Å². The molecule has 3 aromatic rings. The van der Waals surface area contributed by atoms with Crippen LogP contribution in [0.1, 0.15) is 30.3 Å². The Morgan fingerprint density at radius 3 is 2.67 bits per heavy atom. The number of nitrogens with zero attached hydrogens (tertiary/aromatic N) is 3. The second-order valence-electron chi connectivity index (χ2n) is 5.53. The van der Waals surface area contributed by atoms with Crippen LogP contribution in [0, 0.1) is 10.1 Å². The van der Waals surface area contributed by atoms with Crippen molar-refractivity contribution in [3.63, 3.8) is 0 Å². The summed E-state index contributed by atoms with van der Waals surface area (Å²) < 4.78 is 0. The lowest BCUT2D eigenvalue weighted by Crippen LogP contribution is -1.92. The summed E-state index contributed by atoms with van der Waals surface area (Å²) in [6.07, 6.45) is 4.54. The van der Waals surface area contributed by atoms with Gasteiger partial charge in [0.2, 0.25) is 0 Å². The Balaban J connectivity index is 1.75. The van der Waals surface area contributed by atoms with Gasteiger partial charge in [-0.05, 0) is 24.1 Å². The number of benzene rings is 1. The summed E-state index contributed by atoms with van der Waals surface area (Å²) in [5.74, 6) is 0. The van der Waals surface area contributed by atoms with E-state index in [1.807, 2.05) is 17.6 Å². The maximum atomic E-state index is 10.7. The molecule has 0 aliphatic heterocycles. The lowest BCUT2D eigenvalue weighted by Gasteiger charge is -2.01. The van der Waals surface area contributed by atoms with Crippen molar-refractivity contribution in [3.05, 3.63) is 75.0 Å². The van der Waals surface area contributed by atoms with E-state index >= 15 is 0 Å². The Labute approximate surface area is 144 Å². The summed E-state index contributed by atoms with van der Waals surface area (Å²) in [7, 11) is 0. The van der Waals surface area contributed by atoms with E-state index in [0.29, 0.717) is 6.42 Å². The zero-order valence-electron chi connectivity index (χ0n) is 13.3. The number of nitro groups is 1. The average Bonchev–Trinajstić information content (AvgIpc) is 3.04. The first-order valence-electron chi connectivity index (χ1n) is 7.78. The van der Waals surface area contributed by atoms with Crippen LogP contribution in [0.3, 0.4) is 0 Å². The lowest BCUT2D eigenvalue weighted by atomic mass is 10.1. The van der Waals surface area contributed by atoms with E-state index in [0.717, 1.165) is 40.4 Å². The molecule has 0 radical (unpaired) electrons. The number of pyridine rings is 1. The Kier molecular flexibility index (Phi) is 4.96. The van der Waals surface area contributed by atoms with Crippen LogP contribution in [-0.2, 0) is 12.8 Å². The number of aryl methyl sites for hydroxylation is 1. The molecule has 0 unspecified atom stereocenters. The standard InChI is InChI=1S/C18H17N3O2S/c1-2-3-15-11-14(8-9-19-15)18-20-16(12-24-18)10-13-4-6-17(7-5-13)21(22)23/h4-9,11-12H,2-3,10H2,1H3. The van der Waals surface area contributed by atoms with E-state index in [1.54, 1.807) is 23.5 Å². The molecule has 0 bridgehead atoms. The number of non-ortho nitro benzene ring substituents is 1. The first-order valence-corrected chi connectivity index (χ1v) is 8.66. The highest BCUT2D eigenvalue weighted by atomic mass is 32.1. The number of rotatable bonds is 6. The number of aromatic nitrogens is 2. The van der Waals surface area contributed by atoms with Crippen LogP contribution in [0.5, 0.6) is 0 Å². The second-order valence-corrected chi connectivity index (χ2v) is 6.39. The maximum Gasteiger partial charge on any atom is 0.269 e. The molecule has 0 atom stereocenters. The normalized spacial score (nSPS) is 10.7. The average molecular weight is 339 g/mol. The first kappa shape index (κ1) is 16.3. The molecular formula is C18H17N3O2S. The Morgan fingerprint density at radius 1 is 1.17 bits per heavy atom. The maximum absolute atomic E-state index is 10.7. The smallest absolute Gasteiger partial charge is 0.261 e. The molecule has 0 spiro atoms. The van der Waals surface area contributed by atoms with Crippen molar-refractivity contribution in [2.45, 2.75) is 26.2 Å². The van der Waals surface area contributed by atoms with Crippen LogP contribution < -0.4 is 0 Å². The number of nitro benzene ring substituents is 1. The predicted octanol–water partition coefficient (Wildman–Crippen LogP) is 4.66. The monoisotopic (exact) mass is 339 g/mol. The minimum atomic E-state index is -0.387. The molecule has 24 heavy (non-hydrogen) atoms. The van der Waals surface area contributed by atoms with Crippen LogP contribution in [0.25, 0.3) is 10.6 Å². The quantitative estimate of drug-likeness (QED) is 0.484. The summed E-state index contributed by atoms with van der Waals surface area (Å²) in [6, 6.07) is 10.7. The van der Waals surface area contributed by atoms with Gasteiger partial charge in [0.1, 0.15) is 5.01 Å². The lowest BCUT2D eigenvalue weighted by molar-refractivity contribution is -0.384. The van der Waals surface area contributed by atoms with Gasteiger partial charge in [0, 0.05) is 41.4 Å². The Morgan fingerprint density at radius 2 is 1.96 bits per heavy atom. The first-order chi connectivity index (χ1) is 11.7. The highest BCUT2D eigenvalue weighted by molar-refractivity contribution is 7.13. The SMILES string of the molecule is CCCc1cc(-c2nc(Cc3ccc([N+](=O)[O-])cc3)cs2)ccn1. The molecule has 2 heterocycles. The fraction of sp³-hybridized carbons (Fsp3) is 0.222. The topological polar surface area (TPSA) is 68.9 Å². The molecular weight excluding hydrogens is 322 g/mol.